The second-order valence-corrected chi connectivity index (χ2v) is 18.2. The quantitative estimate of drug-likeness (QED) is 0.286. The average molecular weight is 821 g/mol. The molecule has 324 valence electrons. The van der Waals surface area contributed by atoms with Gasteiger partial charge in [-0.3, -0.25) is 39.1 Å². The van der Waals surface area contributed by atoms with E-state index in [0.29, 0.717) is 0 Å². The lowest BCUT2D eigenvalue weighted by Gasteiger charge is -2.34. The first-order valence-electron chi connectivity index (χ1n) is 22.2. The summed E-state index contributed by atoms with van der Waals surface area (Å²) < 4.78 is 0. The standard InChI is InChI=1S/C48H68N8O4/c1-29(2)41-45(57)53-37-13-9-10-14-38(37)54-46(58)42(30(3)4)51-27-35-21-23-36(24-22-35)28-52-44(32(7)8)48(60)56-40-16-12-11-15-39(40)55-47(59)43(31(5)6)50-26-34-19-17-33(18-20-34)25-49-41/h17-32,37-44H,9-16H2,1-8H3,(H,53,57)(H,54,58)(H,55,59)(H,56,60)/t37-,38-,39-,40-,41+,42+,43+,44+/m1/s1. The summed E-state index contributed by atoms with van der Waals surface area (Å²) in [6, 6.07) is 12.1. The van der Waals surface area contributed by atoms with Crippen LogP contribution < -0.4 is 21.3 Å². The topological polar surface area (TPSA) is 166 Å². The number of benzene rings is 2. The Labute approximate surface area is 357 Å². The lowest BCUT2D eigenvalue weighted by molar-refractivity contribution is -0.127. The van der Waals surface area contributed by atoms with Crippen LogP contribution in [0.15, 0.2) is 68.5 Å². The van der Waals surface area contributed by atoms with Gasteiger partial charge in [-0.2, -0.15) is 0 Å². The van der Waals surface area contributed by atoms with Crippen molar-refractivity contribution in [1.82, 2.24) is 21.3 Å². The summed E-state index contributed by atoms with van der Waals surface area (Å²) in [5.41, 5.74) is 3.35. The third-order valence-electron chi connectivity index (χ3n) is 11.9. The summed E-state index contributed by atoms with van der Waals surface area (Å²) in [7, 11) is 0. The molecule has 8 atom stereocenters. The average Bonchev–Trinajstić information content (AvgIpc) is 3.20. The SMILES string of the molecule is CC(C)[C@@H]1N=Cc2ccc(cc2)C=N[C@@H](C(C)C)C(=O)N[C@@H]2CCCC[C@H]2NC(=O)[C@H](C(C)C)N=Cc2ccc(cc2)C=N[C@@H](C(C)C)C(=O)N[C@@H]2CCCC[C@H]2NC1=O. The monoisotopic (exact) mass is 821 g/mol. The Balaban J connectivity index is 1.44. The first-order chi connectivity index (χ1) is 28.7. The zero-order valence-corrected chi connectivity index (χ0v) is 36.9. The van der Waals surface area contributed by atoms with Crippen LogP contribution in [0.25, 0.3) is 0 Å². The summed E-state index contributed by atoms with van der Waals surface area (Å²) in [6.45, 7) is 15.9. The fourth-order valence-electron chi connectivity index (χ4n) is 8.20. The highest BCUT2D eigenvalue weighted by molar-refractivity contribution is 5.91. The van der Waals surface area contributed by atoms with E-state index in [4.69, 9.17) is 20.0 Å². The number of carbonyl (C=O) groups excluding carboxylic acids is 4. The Morgan fingerprint density at radius 2 is 0.550 bits per heavy atom. The van der Waals surface area contributed by atoms with Gasteiger partial charge in [0.05, 0.1) is 0 Å². The van der Waals surface area contributed by atoms with Gasteiger partial charge in [-0.25, -0.2) is 0 Å². The van der Waals surface area contributed by atoms with Crippen molar-refractivity contribution in [2.75, 3.05) is 0 Å². The summed E-state index contributed by atoms with van der Waals surface area (Å²) in [4.78, 5) is 74.1. The number of hydrogen-bond donors (Lipinski definition) is 4. The molecule has 4 aliphatic heterocycles. The normalized spacial score (nSPS) is 27.8. The molecular formula is C48H68N8O4. The van der Waals surface area contributed by atoms with Crippen molar-refractivity contribution in [3.05, 3.63) is 70.8 Å². The lowest BCUT2D eigenvalue weighted by Crippen LogP contribution is -2.56. The van der Waals surface area contributed by atoms with Crippen molar-refractivity contribution >= 4 is 48.5 Å². The van der Waals surface area contributed by atoms with Crippen LogP contribution in [-0.4, -0.2) is 96.8 Å². The second kappa shape index (κ2) is 22.0. The first-order valence-corrected chi connectivity index (χ1v) is 22.2. The van der Waals surface area contributed by atoms with Crippen LogP contribution in [0.1, 0.15) is 129 Å². The van der Waals surface area contributed by atoms with E-state index in [9.17, 15) is 19.2 Å². The highest BCUT2D eigenvalue weighted by Gasteiger charge is 2.34. The smallest absolute Gasteiger partial charge is 0.245 e. The molecule has 2 aromatic rings. The molecule has 4 bridgehead atoms. The molecule has 0 aromatic heterocycles. The van der Waals surface area contributed by atoms with Crippen LogP contribution in [0, 0.1) is 23.7 Å². The minimum atomic E-state index is -0.608. The van der Waals surface area contributed by atoms with Gasteiger partial charge in [0.15, 0.2) is 0 Å². The third kappa shape index (κ3) is 13.0. The second-order valence-electron chi connectivity index (χ2n) is 18.2. The zero-order valence-electron chi connectivity index (χ0n) is 36.9. The van der Waals surface area contributed by atoms with Crippen molar-refractivity contribution in [1.29, 1.82) is 0 Å². The van der Waals surface area contributed by atoms with Gasteiger partial charge in [-0.15, -0.1) is 0 Å². The summed E-state index contributed by atoms with van der Waals surface area (Å²) >= 11 is 0. The Morgan fingerprint density at radius 1 is 0.367 bits per heavy atom. The first kappa shape index (κ1) is 46.1. The van der Waals surface area contributed by atoms with E-state index in [1.54, 1.807) is 24.9 Å². The molecule has 2 aliphatic carbocycles. The summed E-state index contributed by atoms with van der Waals surface area (Å²) in [6.07, 6.45) is 13.8. The molecule has 12 heteroatoms. The van der Waals surface area contributed by atoms with Gasteiger partial charge in [0.2, 0.25) is 23.6 Å². The summed E-state index contributed by atoms with van der Waals surface area (Å²) in [5.74, 6) is -0.840. The van der Waals surface area contributed by atoms with Crippen LogP contribution in [-0.2, 0) is 19.2 Å². The van der Waals surface area contributed by atoms with Gasteiger partial charge < -0.3 is 21.3 Å². The number of nitrogens with one attached hydrogen (secondary N) is 4. The van der Waals surface area contributed by atoms with Gasteiger partial charge in [-0.1, -0.05) is 130 Å². The molecule has 0 saturated heterocycles. The van der Waals surface area contributed by atoms with E-state index in [2.05, 4.69) is 21.3 Å². The molecular weight excluding hydrogens is 753 g/mol. The Hall–Kier alpha value is -5.00. The summed E-state index contributed by atoms with van der Waals surface area (Å²) in [5, 5.41) is 13.0. The van der Waals surface area contributed by atoms with Crippen molar-refractivity contribution in [3.63, 3.8) is 0 Å². The third-order valence-corrected chi connectivity index (χ3v) is 11.9. The van der Waals surface area contributed by atoms with Crippen molar-refractivity contribution in [2.24, 2.45) is 43.6 Å². The highest BCUT2D eigenvalue weighted by Crippen LogP contribution is 2.23. The largest absolute Gasteiger partial charge is 0.349 e. The molecule has 6 aliphatic rings. The maximum Gasteiger partial charge on any atom is 0.245 e. The molecule has 4 heterocycles. The molecule has 12 nitrogen and oxygen atoms in total. The molecule has 0 spiro atoms. The van der Waals surface area contributed by atoms with Crippen LogP contribution in [0.2, 0.25) is 0 Å². The number of rotatable bonds is 4. The Morgan fingerprint density at radius 3 is 0.717 bits per heavy atom. The van der Waals surface area contributed by atoms with Crippen LogP contribution in [0.3, 0.4) is 0 Å². The van der Waals surface area contributed by atoms with E-state index in [0.717, 1.165) is 73.6 Å². The molecule has 8 rings (SSSR count). The van der Waals surface area contributed by atoms with Gasteiger partial charge in [0.1, 0.15) is 24.2 Å². The molecule has 0 radical (unpaired) electrons. The fourth-order valence-corrected chi connectivity index (χ4v) is 8.20. The van der Waals surface area contributed by atoms with Gasteiger partial charge in [-0.05, 0) is 71.6 Å². The maximum atomic E-state index is 13.8. The van der Waals surface area contributed by atoms with E-state index < -0.39 is 24.2 Å². The van der Waals surface area contributed by atoms with Crippen molar-refractivity contribution in [2.45, 2.75) is 155 Å². The lowest BCUT2D eigenvalue weighted by atomic mass is 9.89. The predicted octanol–water partition coefficient (Wildman–Crippen LogP) is 6.26. The molecule has 60 heavy (non-hydrogen) atoms. The van der Waals surface area contributed by atoms with Crippen LogP contribution in [0.5, 0.6) is 0 Å². The number of carbonyl (C=O) groups is 4. The predicted molar refractivity (Wildman–Crippen MR) is 242 cm³/mol. The fraction of sp³-hybridized carbons (Fsp3) is 0.583. The molecule has 0 unspecified atom stereocenters. The molecule has 4 N–H and O–H groups in total. The van der Waals surface area contributed by atoms with E-state index >= 15 is 0 Å². The molecule has 4 amide bonds. The highest BCUT2D eigenvalue weighted by atomic mass is 16.2. The van der Waals surface area contributed by atoms with E-state index in [1.165, 1.54) is 0 Å². The zero-order chi connectivity index (χ0) is 43.3. The van der Waals surface area contributed by atoms with Gasteiger partial charge in [0, 0.05) is 49.0 Å². The molecule has 2 saturated carbocycles. The number of aliphatic imine (C=N–C) groups is 4. The van der Waals surface area contributed by atoms with E-state index in [1.807, 2.05) is 104 Å². The van der Waals surface area contributed by atoms with Crippen LogP contribution in [0.4, 0.5) is 0 Å². The molecule has 2 aromatic carbocycles. The van der Waals surface area contributed by atoms with Crippen LogP contribution >= 0.6 is 0 Å². The maximum absolute atomic E-state index is 13.8. The number of hydrogen-bond acceptors (Lipinski definition) is 8. The van der Waals surface area contributed by atoms with Crippen molar-refractivity contribution < 1.29 is 19.2 Å². The van der Waals surface area contributed by atoms with Gasteiger partial charge in [0.25, 0.3) is 0 Å². The Bertz CT molecular complexity index is 1600. The molecule has 2 fully saturated rings. The Kier molecular flexibility index (Phi) is 16.9. The minimum absolute atomic E-state index is 0.0515. The number of amides is 4. The van der Waals surface area contributed by atoms with Crippen molar-refractivity contribution in [3.8, 4) is 0 Å². The van der Waals surface area contributed by atoms with E-state index in [-0.39, 0.29) is 71.5 Å². The minimum Gasteiger partial charge on any atom is -0.349 e. The number of nitrogens with zero attached hydrogens (tertiary/aromatic N) is 4. The van der Waals surface area contributed by atoms with Gasteiger partial charge >= 0.3 is 0 Å².